The van der Waals surface area contributed by atoms with Gasteiger partial charge in [0, 0.05) is 23.2 Å². The lowest BCUT2D eigenvalue weighted by molar-refractivity contribution is 0.0953. The molecule has 4 rings (SSSR count). The van der Waals surface area contributed by atoms with E-state index < -0.39 is 0 Å². The van der Waals surface area contributed by atoms with Gasteiger partial charge in [0.05, 0.1) is 27.5 Å². The van der Waals surface area contributed by atoms with Crippen LogP contribution in [-0.4, -0.2) is 22.4 Å². The van der Waals surface area contributed by atoms with Gasteiger partial charge in [-0.2, -0.15) is 0 Å². The van der Waals surface area contributed by atoms with Gasteiger partial charge in [-0.15, -0.1) is 11.3 Å². The van der Waals surface area contributed by atoms with Crippen LogP contribution in [0, 0.1) is 13.8 Å². The highest BCUT2D eigenvalue weighted by atomic mass is 32.1. The zero-order valence-corrected chi connectivity index (χ0v) is 16.1. The summed E-state index contributed by atoms with van der Waals surface area (Å²) < 4.78 is 0. The van der Waals surface area contributed by atoms with Crippen LogP contribution in [0.4, 0.5) is 0 Å². The number of hydrogen-bond acceptors (Lipinski definition) is 4. The van der Waals surface area contributed by atoms with Gasteiger partial charge in [-0.1, -0.05) is 12.1 Å². The molecule has 0 bridgehead atoms. The Kier molecular flexibility index (Phi) is 4.72. The van der Waals surface area contributed by atoms with E-state index in [0.29, 0.717) is 12.1 Å². The molecule has 1 aromatic carbocycles. The van der Waals surface area contributed by atoms with Crippen LogP contribution in [0.5, 0.6) is 0 Å². The molecule has 2 heterocycles. The number of aromatic nitrogens is 2. The first-order valence-corrected chi connectivity index (χ1v) is 10.1. The van der Waals surface area contributed by atoms with E-state index in [9.17, 15) is 4.79 Å². The second-order valence-electron chi connectivity index (χ2n) is 7.01. The third kappa shape index (κ3) is 3.49. The predicted molar refractivity (Wildman–Crippen MR) is 106 cm³/mol. The number of carbonyl (C=O) groups excluding carboxylic acids is 1. The van der Waals surface area contributed by atoms with Gasteiger partial charge in [-0.3, -0.25) is 9.78 Å². The molecule has 26 heavy (non-hydrogen) atoms. The first-order valence-electron chi connectivity index (χ1n) is 9.24. The highest BCUT2D eigenvalue weighted by Crippen LogP contribution is 2.26. The third-order valence-corrected chi connectivity index (χ3v) is 6.14. The topological polar surface area (TPSA) is 54.9 Å². The molecule has 5 heteroatoms. The van der Waals surface area contributed by atoms with Gasteiger partial charge in [0.1, 0.15) is 0 Å². The highest BCUT2D eigenvalue weighted by molar-refractivity contribution is 7.11. The number of aryl methyl sites for hydroxylation is 4. The van der Waals surface area contributed by atoms with Crippen LogP contribution in [0.15, 0.2) is 24.3 Å². The van der Waals surface area contributed by atoms with Crippen molar-refractivity contribution in [3.63, 3.8) is 0 Å². The predicted octanol–water partition coefficient (Wildman–Crippen LogP) is 4.16. The van der Waals surface area contributed by atoms with Crippen molar-refractivity contribution in [3.05, 3.63) is 56.7 Å². The van der Waals surface area contributed by atoms with E-state index in [-0.39, 0.29) is 5.91 Å². The molecule has 0 aliphatic heterocycles. The van der Waals surface area contributed by atoms with E-state index in [1.807, 2.05) is 49.4 Å². The SMILES string of the molecule is Cc1ccc2cc(C(=O)NCCc3nc4c(s3)CCCC4)c(C)nc2c1. The zero-order valence-electron chi connectivity index (χ0n) is 15.3. The van der Waals surface area contributed by atoms with Crippen molar-refractivity contribution < 1.29 is 4.79 Å². The number of rotatable bonds is 4. The van der Waals surface area contributed by atoms with Gasteiger partial charge in [-0.25, -0.2) is 4.98 Å². The lowest BCUT2D eigenvalue weighted by Crippen LogP contribution is -2.26. The fourth-order valence-corrected chi connectivity index (χ4v) is 4.65. The van der Waals surface area contributed by atoms with Gasteiger partial charge < -0.3 is 5.32 Å². The quantitative estimate of drug-likeness (QED) is 0.755. The Balaban J connectivity index is 1.43. The normalized spacial score (nSPS) is 13.6. The molecule has 0 saturated carbocycles. The van der Waals surface area contributed by atoms with Gasteiger partial charge in [-0.05, 0) is 57.2 Å². The summed E-state index contributed by atoms with van der Waals surface area (Å²) in [7, 11) is 0. The minimum atomic E-state index is -0.0567. The summed E-state index contributed by atoms with van der Waals surface area (Å²) in [4.78, 5) is 23.4. The fraction of sp³-hybridized carbons (Fsp3) is 0.381. The lowest BCUT2D eigenvalue weighted by Gasteiger charge is -2.09. The Morgan fingerprint density at radius 1 is 1.15 bits per heavy atom. The average Bonchev–Trinajstić information content (AvgIpc) is 3.03. The van der Waals surface area contributed by atoms with E-state index in [4.69, 9.17) is 4.98 Å². The number of nitrogens with one attached hydrogen (secondary N) is 1. The van der Waals surface area contributed by atoms with E-state index in [0.717, 1.165) is 34.4 Å². The molecule has 134 valence electrons. The smallest absolute Gasteiger partial charge is 0.253 e. The first-order chi connectivity index (χ1) is 12.6. The van der Waals surface area contributed by atoms with Crippen LogP contribution in [0.1, 0.15) is 50.0 Å². The second kappa shape index (κ2) is 7.16. The number of fused-ring (bicyclic) bond motifs is 2. The molecule has 0 fully saturated rings. The molecule has 1 aliphatic carbocycles. The standard InChI is InChI=1S/C21H23N3OS/c1-13-7-8-15-12-16(14(2)23-18(15)11-13)21(25)22-10-9-20-24-17-5-3-4-6-19(17)26-20/h7-8,11-12H,3-6,9-10H2,1-2H3,(H,22,25). The van der Waals surface area contributed by atoms with Crippen LogP contribution >= 0.6 is 11.3 Å². The molecular formula is C21H23N3OS. The summed E-state index contributed by atoms with van der Waals surface area (Å²) in [5.74, 6) is -0.0567. The Hall–Kier alpha value is -2.27. The fourth-order valence-electron chi connectivity index (χ4n) is 3.49. The summed E-state index contributed by atoms with van der Waals surface area (Å²) in [6.45, 7) is 4.55. The summed E-state index contributed by atoms with van der Waals surface area (Å²) in [5.41, 5.74) is 4.82. The van der Waals surface area contributed by atoms with Crippen LogP contribution in [-0.2, 0) is 19.3 Å². The van der Waals surface area contributed by atoms with Crippen molar-refractivity contribution in [2.24, 2.45) is 0 Å². The largest absolute Gasteiger partial charge is 0.352 e. The summed E-state index contributed by atoms with van der Waals surface area (Å²) >= 11 is 1.81. The summed E-state index contributed by atoms with van der Waals surface area (Å²) in [5, 5.41) is 5.17. The molecule has 1 amide bonds. The maximum absolute atomic E-state index is 12.6. The minimum Gasteiger partial charge on any atom is -0.352 e. The van der Waals surface area contributed by atoms with Crippen molar-refractivity contribution in [2.75, 3.05) is 6.54 Å². The van der Waals surface area contributed by atoms with E-state index in [1.165, 1.54) is 35.4 Å². The first kappa shape index (κ1) is 17.2. The maximum atomic E-state index is 12.6. The van der Waals surface area contributed by atoms with Crippen molar-refractivity contribution >= 4 is 28.1 Å². The number of carbonyl (C=O) groups is 1. The molecule has 1 N–H and O–H groups in total. The molecule has 0 saturated heterocycles. The van der Waals surface area contributed by atoms with E-state index >= 15 is 0 Å². The number of pyridine rings is 1. The van der Waals surface area contributed by atoms with E-state index in [1.54, 1.807) is 0 Å². The number of nitrogens with zero attached hydrogens (tertiary/aromatic N) is 2. The number of hydrogen-bond donors (Lipinski definition) is 1. The van der Waals surface area contributed by atoms with Crippen molar-refractivity contribution in [2.45, 2.75) is 46.0 Å². The van der Waals surface area contributed by atoms with Crippen molar-refractivity contribution in [1.82, 2.24) is 15.3 Å². The van der Waals surface area contributed by atoms with Crippen molar-refractivity contribution in [1.29, 1.82) is 0 Å². The molecule has 1 aliphatic rings. The molecule has 0 radical (unpaired) electrons. The maximum Gasteiger partial charge on any atom is 0.253 e. The van der Waals surface area contributed by atoms with Crippen LogP contribution in [0.3, 0.4) is 0 Å². The molecule has 0 atom stereocenters. The Morgan fingerprint density at radius 2 is 2.00 bits per heavy atom. The van der Waals surface area contributed by atoms with Gasteiger partial charge >= 0.3 is 0 Å². The van der Waals surface area contributed by atoms with E-state index in [2.05, 4.69) is 10.3 Å². The summed E-state index contributed by atoms with van der Waals surface area (Å²) in [6.07, 6.45) is 5.60. The van der Waals surface area contributed by atoms with Gasteiger partial charge in [0.25, 0.3) is 5.91 Å². The van der Waals surface area contributed by atoms with Crippen LogP contribution in [0.25, 0.3) is 10.9 Å². The molecule has 0 spiro atoms. The van der Waals surface area contributed by atoms with Gasteiger partial charge in [0.2, 0.25) is 0 Å². The molecule has 2 aromatic heterocycles. The summed E-state index contributed by atoms with van der Waals surface area (Å²) in [6, 6.07) is 8.06. The Morgan fingerprint density at radius 3 is 2.85 bits per heavy atom. The number of amides is 1. The van der Waals surface area contributed by atoms with Crippen molar-refractivity contribution in [3.8, 4) is 0 Å². The Bertz CT molecular complexity index is 953. The molecule has 4 nitrogen and oxygen atoms in total. The van der Waals surface area contributed by atoms with Gasteiger partial charge in [0.15, 0.2) is 0 Å². The average molecular weight is 366 g/mol. The van der Waals surface area contributed by atoms with Crippen LogP contribution < -0.4 is 5.32 Å². The molecule has 3 aromatic rings. The monoisotopic (exact) mass is 365 g/mol. The molecule has 0 unspecified atom stereocenters. The number of thiazole rings is 1. The number of benzene rings is 1. The highest BCUT2D eigenvalue weighted by Gasteiger charge is 2.16. The van der Waals surface area contributed by atoms with Crippen LogP contribution in [0.2, 0.25) is 0 Å². The molecular weight excluding hydrogens is 342 g/mol. The lowest BCUT2D eigenvalue weighted by atomic mass is 10.0. The zero-order chi connectivity index (χ0) is 18.1. The second-order valence-corrected chi connectivity index (χ2v) is 8.18. The third-order valence-electron chi connectivity index (χ3n) is 4.92. The minimum absolute atomic E-state index is 0.0567. The Labute approximate surface area is 157 Å².